The third kappa shape index (κ3) is 13.3. The Hall–Kier alpha value is -14.5. The number of para-hydroxylation sites is 6. The van der Waals surface area contributed by atoms with Crippen LogP contribution in [0.4, 0.5) is 34.3 Å². The molecule has 122 heavy (non-hydrogen) atoms. The summed E-state index contributed by atoms with van der Waals surface area (Å²) < 4.78 is 26.1. The van der Waals surface area contributed by atoms with Crippen molar-refractivity contribution in [3.63, 3.8) is 0 Å². The topological polar surface area (TPSA) is 46.5 Å². The molecule has 21 rings (SSSR count). The summed E-state index contributed by atoms with van der Waals surface area (Å²) in [4.78, 5) is 5.93. The Morgan fingerprint density at radius 2 is 0.582 bits per heavy atom. The quantitative estimate of drug-likeness (QED) is 0.0887. The van der Waals surface area contributed by atoms with Crippen LogP contribution in [0.2, 0.25) is 0 Å². The number of fused-ring (bicyclic) bond motifs is 5. The molecule has 9 nitrogen and oxygen atoms in total. The van der Waals surface area contributed by atoms with E-state index in [1.807, 2.05) is 0 Å². The molecule has 0 spiro atoms. The SMILES string of the molecule is CC1(C)B(c2ccc(-c3cccc(N4B(c5ccccc5)N(c5ccccc5)B(c5ccccc5)N(c5cccc(-n6c7ccccc7c7ccccc76)n5)B4c4ccccc4)c3)cc2)c2ccccc2C(C)(c2cccc(N3B(c4ccccc4)N(c4ccccc4)B(c4ccccc4)N(c4ccccc4)B3c3ccccc3)c2)Oc2ccccc21. The van der Waals surface area contributed by atoms with Gasteiger partial charge in [0.05, 0.1) is 11.0 Å². The third-order valence-corrected chi connectivity index (χ3v) is 25.5. The molecule has 5 heterocycles. The number of hydrogen-bond acceptors (Lipinski definition) is 8. The first-order chi connectivity index (χ1) is 60.2. The monoisotopic (exact) mass is 1560 g/mol. The van der Waals surface area contributed by atoms with Gasteiger partial charge in [-0.3, -0.25) is 4.57 Å². The molecule has 2 fully saturated rings. The van der Waals surface area contributed by atoms with Crippen LogP contribution < -0.4 is 76.8 Å². The Morgan fingerprint density at radius 3 is 1.03 bits per heavy atom. The maximum atomic E-state index is 7.97. The van der Waals surface area contributed by atoms with E-state index in [-0.39, 0.29) is 34.6 Å². The lowest BCUT2D eigenvalue weighted by Gasteiger charge is -2.57. The Balaban J connectivity index is 0.710. The maximum Gasteiger partial charge on any atom is 0.390 e. The normalized spacial score (nSPS) is 15.3. The van der Waals surface area contributed by atoms with Crippen LogP contribution >= 0.6 is 0 Å². The summed E-state index contributed by atoms with van der Waals surface area (Å²) in [6, 6.07) is 169. The Morgan fingerprint density at radius 1 is 0.246 bits per heavy atom. The van der Waals surface area contributed by atoms with Crippen LogP contribution in [0.5, 0.6) is 5.75 Å². The molecular formula is C106H85B7N8O. The molecule has 0 amide bonds. The first-order valence-corrected chi connectivity index (χ1v) is 42.5. The molecule has 576 valence electrons. The van der Waals surface area contributed by atoms with Crippen molar-refractivity contribution >= 4 is 148 Å². The number of nitrogens with zero attached hydrogens (tertiary/aromatic N) is 8. The van der Waals surface area contributed by atoms with E-state index in [0.29, 0.717) is 0 Å². The van der Waals surface area contributed by atoms with Crippen molar-refractivity contribution in [1.29, 1.82) is 0 Å². The summed E-state index contributed by atoms with van der Waals surface area (Å²) in [5, 5.41) is 1.88. The minimum absolute atomic E-state index is 0.145. The second kappa shape index (κ2) is 32.0. The van der Waals surface area contributed by atoms with Crippen LogP contribution in [0.15, 0.2) is 461 Å². The average molecular weight is 1560 g/mol. The first-order valence-electron chi connectivity index (χ1n) is 42.5. The number of pyridine rings is 1. The van der Waals surface area contributed by atoms with Crippen LogP contribution in [-0.4, -0.2) is 58.2 Å². The highest BCUT2D eigenvalue weighted by molar-refractivity contribution is 7.16. The van der Waals surface area contributed by atoms with E-state index < -0.39 is 24.9 Å². The Bertz CT molecular complexity index is 6580. The van der Waals surface area contributed by atoms with Gasteiger partial charge in [-0.1, -0.05) is 395 Å². The molecule has 2 saturated heterocycles. The third-order valence-electron chi connectivity index (χ3n) is 25.5. The van der Waals surface area contributed by atoms with Crippen molar-refractivity contribution in [3.05, 3.63) is 478 Å². The molecule has 0 radical (unpaired) electrons. The number of ether oxygens (including phenoxy) is 1. The highest BCUT2D eigenvalue weighted by Gasteiger charge is 2.59. The second-order valence-corrected chi connectivity index (χ2v) is 33.0. The molecule has 3 aliphatic heterocycles. The largest absolute Gasteiger partial charge is 0.478 e. The molecule has 1 unspecified atom stereocenters. The van der Waals surface area contributed by atoms with E-state index in [1.54, 1.807) is 0 Å². The minimum atomic E-state index is -1.04. The van der Waals surface area contributed by atoms with E-state index in [2.05, 4.69) is 515 Å². The van der Waals surface area contributed by atoms with Gasteiger partial charge >= 0.3 is 41.9 Å². The van der Waals surface area contributed by atoms with Gasteiger partial charge < -0.3 is 33.1 Å². The van der Waals surface area contributed by atoms with E-state index >= 15 is 0 Å². The summed E-state index contributed by atoms with van der Waals surface area (Å²) in [5.41, 5.74) is 21.3. The predicted molar refractivity (Wildman–Crippen MR) is 520 cm³/mol. The van der Waals surface area contributed by atoms with Crippen LogP contribution in [0, 0.1) is 0 Å². The van der Waals surface area contributed by atoms with Crippen LogP contribution in [0.3, 0.4) is 0 Å². The molecule has 2 aromatic heterocycles. The minimum Gasteiger partial charge on any atom is -0.478 e. The number of anilines is 6. The molecule has 0 bridgehead atoms. The molecule has 16 heteroatoms. The maximum absolute atomic E-state index is 7.97. The van der Waals surface area contributed by atoms with Gasteiger partial charge in [0.1, 0.15) is 17.4 Å². The lowest BCUT2D eigenvalue weighted by Crippen LogP contribution is -2.86. The fraction of sp³-hybridized carbons (Fsp3) is 0.0472. The van der Waals surface area contributed by atoms with E-state index in [9.17, 15) is 0 Å². The molecule has 0 N–H and O–H groups in total. The van der Waals surface area contributed by atoms with Gasteiger partial charge in [0.2, 0.25) is 6.71 Å². The van der Waals surface area contributed by atoms with Crippen molar-refractivity contribution in [2.75, 3.05) is 28.3 Å². The molecule has 16 aromatic carbocycles. The average Bonchev–Trinajstić information content (AvgIpc) is 0.880. The predicted octanol–water partition coefficient (Wildman–Crippen LogP) is 17.7. The van der Waals surface area contributed by atoms with Crippen molar-refractivity contribution in [2.24, 2.45) is 0 Å². The summed E-state index contributed by atoms with van der Waals surface area (Å²) >= 11 is 0. The van der Waals surface area contributed by atoms with Gasteiger partial charge in [-0.05, 0) is 158 Å². The Labute approximate surface area is 718 Å². The summed E-state index contributed by atoms with van der Waals surface area (Å²) in [6.45, 7) is 4.84. The molecular weight excluding hydrogens is 1480 g/mol. The van der Waals surface area contributed by atoms with Gasteiger partial charge in [-0.15, -0.1) is 0 Å². The fourth-order valence-electron chi connectivity index (χ4n) is 20.2. The smallest absolute Gasteiger partial charge is 0.390 e. The summed E-state index contributed by atoms with van der Waals surface area (Å²) in [5.74, 6) is 2.51. The van der Waals surface area contributed by atoms with Gasteiger partial charge in [-0.2, -0.15) is 0 Å². The summed E-state index contributed by atoms with van der Waals surface area (Å²) in [7, 11) is 0. The van der Waals surface area contributed by atoms with Crippen molar-refractivity contribution < 1.29 is 4.74 Å². The van der Waals surface area contributed by atoms with Crippen LogP contribution in [0.1, 0.15) is 37.5 Å². The van der Waals surface area contributed by atoms with Crippen molar-refractivity contribution in [1.82, 2.24) is 9.55 Å². The number of rotatable bonds is 16. The summed E-state index contributed by atoms with van der Waals surface area (Å²) in [6.07, 6.45) is 0. The van der Waals surface area contributed by atoms with E-state index in [1.165, 1.54) is 27.2 Å². The van der Waals surface area contributed by atoms with Crippen LogP contribution in [0.25, 0.3) is 38.8 Å². The fourth-order valence-corrected chi connectivity index (χ4v) is 20.2. The standard InChI is InChI=1S/C106H85B7N8O/c1-105(2)98-67-34-38-71-102(98)122-106(3,82-43-40-63-94(79-82)120-109(85-46-15-5-16-47-85)116(90-56-25-10-26-57-90)108(84-44-13-4-14-45-84)117(91-58-27-11-28-59-91)110(120)86-48-17-6-18-49-86)97-66-33-35-68-99(97)107(105)83-76-74-80(75-77-83)81-42-39-62-93(78-81)119-111(87-50-19-7-20-51-87)118(92-60-29-12-30-61-92)112(88-52-21-8-22-53-88)121(113(119)89-54-23-9-24-55-89)104-73-41-72-103(114-104)115-100-69-36-31-64-95(100)96-65-32-37-70-101(96)115/h4-79H,1-3H3. The Kier molecular flexibility index (Phi) is 19.7. The highest BCUT2D eigenvalue weighted by atomic mass is 16.5. The van der Waals surface area contributed by atoms with Crippen molar-refractivity contribution in [2.45, 2.75) is 31.7 Å². The number of hydrogen-bond donors (Lipinski definition) is 0. The van der Waals surface area contributed by atoms with E-state index in [4.69, 9.17) is 9.72 Å². The molecule has 3 aliphatic rings. The zero-order valence-electron chi connectivity index (χ0n) is 68.4. The number of benzene rings is 16. The van der Waals surface area contributed by atoms with Crippen LogP contribution in [-0.2, 0) is 10.9 Å². The van der Waals surface area contributed by atoms with Gasteiger partial charge in [0.25, 0.3) is 0 Å². The highest BCUT2D eigenvalue weighted by Crippen LogP contribution is 2.46. The zero-order valence-corrected chi connectivity index (χ0v) is 68.4. The lowest BCUT2D eigenvalue weighted by molar-refractivity contribution is 0.130. The zero-order chi connectivity index (χ0) is 81.7. The van der Waals surface area contributed by atoms with Gasteiger partial charge in [-0.25, -0.2) is 4.98 Å². The molecule has 18 aromatic rings. The molecule has 0 aliphatic carbocycles. The number of aromatic nitrogens is 2. The lowest BCUT2D eigenvalue weighted by atomic mass is 9.26. The van der Waals surface area contributed by atoms with Crippen molar-refractivity contribution in [3.8, 4) is 22.7 Å². The van der Waals surface area contributed by atoms with Gasteiger partial charge in [0.15, 0.2) is 5.60 Å². The molecule has 0 saturated carbocycles. The van der Waals surface area contributed by atoms with E-state index in [0.717, 1.165) is 112 Å². The molecule has 1 atom stereocenters. The first kappa shape index (κ1) is 75.0. The second-order valence-electron chi connectivity index (χ2n) is 33.0. The van der Waals surface area contributed by atoms with Gasteiger partial charge in [0, 0.05) is 44.8 Å².